The van der Waals surface area contributed by atoms with E-state index < -0.39 is 11.4 Å². The maximum Gasteiger partial charge on any atom is 0.310 e. The number of aliphatic carboxylic acids is 1. The van der Waals surface area contributed by atoms with Crippen LogP contribution in [0.1, 0.15) is 59.3 Å². The molecule has 4 nitrogen and oxygen atoms in total. The lowest BCUT2D eigenvalue weighted by Crippen LogP contribution is -2.41. The summed E-state index contributed by atoms with van der Waals surface area (Å²) in [6.07, 6.45) is 7.29. The number of amides is 1. The number of nitrogens with one attached hydrogen (secondary N) is 1. The van der Waals surface area contributed by atoms with Gasteiger partial charge < -0.3 is 10.4 Å². The molecule has 4 heteroatoms. The second-order valence-electron chi connectivity index (χ2n) is 6.55. The molecule has 1 saturated carbocycles. The molecule has 0 aromatic heterocycles. The minimum absolute atomic E-state index is 0.0140. The lowest BCUT2D eigenvalue weighted by molar-refractivity contribution is -0.146. The third-order valence-electron chi connectivity index (χ3n) is 4.14. The predicted molar refractivity (Wildman–Crippen MR) is 74.8 cm³/mol. The topological polar surface area (TPSA) is 66.4 Å². The van der Waals surface area contributed by atoms with E-state index >= 15 is 0 Å². The molecule has 110 valence electrons. The van der Waals surface area contributed by atoms with Gasteiger partial charge in [0, 0.05) is 12.5 Å². The zero-order valence-corrected chi connectivity index (χ0v) is 12.4. The molecule has 1 rings (SSSR count). The van der Waals surface area contributed by atoms with Gasteiger partial charge in [0.1, 0.15) is 0 Å². The molecule has 0 saturated heterocycles. The molecule has 0 radical (unpaired) electrons. The summed E-state index contributed by atoms with van der Waals surface area (Å²) in [6.45, 7) is 5.39. The summed E-state index contributed by atoms with van der Waals surface area (Å²) in [4.78, 5) is 23.0. The number of hydrogen-bond acceptors (Lipinski definition) is 2. The Morgan fingerprint density at radius 3 is 2.37 bits per heavy atom. The first kappa shape index (κ1) is 16.0. The summed E-state index contributed by atoms with van der Waals surface area (Å²) >= 11 is 0. The van der Waals surface area contributed by atoms with E-state index in [1.165, 1.54) is 32.1 Å². The van der Waals surface area contributed by atoms with Crippen LogP contribution in [0.2, 0.25) is 0 Å². The molecule has 0 aromatic rings. The minimum Gasteiger partial charge on any atom is -0.481 e. The fraction of sp³-hybridized carbons (Fsp3) is 0.867. The molecule has 1 aliphatic carbocycles. The van der Waals surface area contributed by atoms with Crippen LogP contribution in [-0.2, 0) is 9.59 Å². The number of carbonyl (C=O) groups excluding carboxylic acids is 1. The first-order chi connectivity index (χ1) is 8.83. The quantitative estimate of drug-likeness (QED) is 0.779. The van der Waals surface area contributed by atoms with Crippen molar-refractivity contribution < 1.29 is 14.7 Å². The molecule has 1 atom stereocenters. The number of hydrogen-bond donors (Lipinski definition) is 2. The zero-order valence-electron chi connectivity index (χ0n) is 12.4. The third kappa shape index (κ3) is 5.21. The summed E-state index contributed by atoms with van der Waals surface area (Å²) in [5.41, 5.74) is -0.903. The Bertz CT molecular complexity index is 319. The Morgan fingerprint density at radius 1 is 1.26 bits per heavy atom. The average molecular weight is 269 g/mol. The van der Waals surface area contributed by atoms with Gasteiger partial charge in [0.25, 0.3) is 0 Å². The van der Waals surface area contributed by atoms with Gasteiger partial charge >= 0.3 is 5.97 Å². The van der Waals surface area contributed by atoms with Crippen molar-refractivity contribution in [1.82, 2.24) is 5.32 Å². The van der Waals surface area contributed by atoms with Crippen LogP contribution in [0, 0.1) is 17.3 Å². The molecule has 0 aromatic carbocycles. The van der Waals surface area contributed by atoms with Crippen LogP contribution in [0.15, 0.2) is 0 Å². The summed E-state index contributed by atoms with van der Waals surface area (Å²) in [5.74, 6) is -0.248. The van der Waals surface area contributed by atoms with Crippen LogP contribution in [-0.4, -0.2) is 23.5 Å². The van der Waals surface area contributed by atoms with Crippen molar-refractivity contribution in [2.45, 2.75) is 59.3 Å². The van der Waals surface area contributed by atoms with Crippen LogP contribution in [0.5, 0.6) is 0 Å². The second-order valence-corrected chi connectivity index (χ2v) is 6.55. The summed E-state index contributed by atoms with van der Waals surface area (Å²) in [6, 6.07) is 0. The molecule has 1 aliphatic rings. The molecular formula is C15H27NO3. The molecule has 1 fully saturated rings. The van der Waals surface area contributed by atoms with Crippen molar-refractivity contribution in [3.63, 3.8) is 0 Å². The van der Waals surface area contributed by atoms with Gasteiger partial charge in [-0.25, -0.2) is 0 Å². The Balaban J connectivity index is 2.34. The molecule has 2 N–H and O–H groups in total. The van der Waals surface area contributed by atoms with Gasteiger partial charge in [-0.15, -0.1) is 0 Å². The maximum absolute atomic E-state index is 12.0. The maximum atomic E-state index is 12.0. The number of carbonyl (C=O) groups is 2. The normalized spacial score (nSPS) is 18.9. The molecule has 0 bridgehead atoms. The van der Waals surface area contributed by atoms with Gasteiger partial charge in [-0.3, -0.25) is 9.59 Å². The van der Waals surface area contributed by atoms with Gasteiger partial charge in [0.15, 0.2) is 0 Å². The average Bonchev–Trinajstić information content (AvgIpc) is 2.37. The monoisotopic (exact) mass is 269 g/mol. The van der Waals surface area contributed by atoms with E-state index in [1.54, 1.807) is 13.8 Å². The molecule has 0 aliphatic heterocycles. The fourth-order valence-electron chi connectivity index (χ4n) is 2.59. The zero-order chi connectivity index (χ0) is 14.5. The van der Waals surface area contributed by atoms with E-state index in [4.69, 9.17) is 5.11 Å². The highest BCUT2D eigenvalue weighted by molar-refractivity contribution is 5.80. The van der Waals surface area contributed by atoms with Crippen molar-refractivity contribution in [1.29, 1.82) is 0 Å². The van der Waals surface area contributed by atoms with E-state index in [9.17, 15) is 9.59 Å². The molecule has 1 unspecified atom stereocenters. The third-order valence-corrected chi connectivity index (χ3v) is 4.14. The number of rotatable bonds is 6. The lowest BCUT2D eigenvalue weighted by atomic mass is 9.83. The minimum atomic E-state index is -0.903. The summed E-state index contributed by atoms with van der Waals surface area (Å²) < 4.78 is 0. The fourth-order valence-corrected chi connectivity index (χ4v) is 2.59. The Kier molecular flexibility index (Phi) is 5.83. The lowest BCUT2D eigenvalue weighted by Gasteiger charge is -2.25. The smallest absolute Gasteiger partial charge is 0.310 e. The van der Waals surface area contributed by atoms with Crippen molar-refractivity contribution in [3.05, 3.63) is 0 Å². The van der Waals surface area contributed by atoms with E-state index in [0.717, 1.165) is 6.42 Å². The van der Waals surface area contributed by atoms with Crippen molar-refractivity contribution in [2.24, 2.45) is 17.3 Å². The molecule has 0 heterocycles. The van der Waals surface area contributed by atoms with Gasteiger partial charge in [-0.1, -0.05) is 39.0 Å². The highest BCUT2D eigenvalue weighted by Gasteiger charge is 2.28. The largest absolute Gasteiger partial charge is 0.481 e. The van der Waals surface area contributed by atoms with Crippen LogP contribution in [0.25, 0.3) is 0 Å². The highest BCUT2D eigenvalue weighted by Crippen LogP contribution is 2.29. The Morgan fingerprint density at radius 2 is 1.84 bits per heavy atom. The Hall–Kier alpha value is -1.06. The van der Waals surface area contributed by atoms with E-state index in [0.29, 0.717) is 5.92 Å². The molecule has 0 spiro atoms. The van der Waals surface area contributed by atoms with Crippen LogP contribution in [0.3, 0.4) is 0 Å². The molecule has 1 amide bonds. The first-order valence-corrected chi connectivity index (χ1v) is 7.34. The Labute approximate surface area is 116 Å². The van der Waals surface area contributed by atoms with Crippen LogP contribution < -0.4 is 5.32 Å². The van der Waals surface area contributed by atoms with Gasteiger partial charge in [-0.05, 0) is 26.2 Å². The highest BCUT2D eigenvalue weighted by atomic mass is 16.4. The van der Waals surface area contributed by atoms with Crippen LogP contribution >= 0.6 is 0 Å². The standard InChI is InChI=1S/C15H27NO3/c1-11(9-12-7-5-4-6-8-12)13(17)16-10-15(2,3)14(18)19/h11-12H,4-10H2,1-3H3,(H,16,17)(H,18,19). The van der Waals surface area contributed by atoms with Crippen LogP contribution in [0.4, 0.5) is 0 Å². The first-order valence-electron chi connectivity index (χ1n) is 7.34. The van der Waals surface area contributed by atoms with Gasteiger partial charge in [0.05, 0.1) is 5.41 Å². The van der Waals surface area contributed by atoms with E-state index in [-0.39, 0.29) is 18.4 Å². The number of carboxylic acids is 1. The van der Waals surface area contributed by atoms with E-state index in [2.05, 4.69) is 5.32 Å². The van der Waals surface area contributed by atoms with Gasteiger partial charge in [0.2, 0.25) is 5.91 Å². The molecule has 19 heavy (non-hydrogen) atoms. The molecular weight excluding hydrogens is 242 g/mol. The van der Waals surface area contributed by atoms with Gasteiger partial charge in [-0.2, -0.15) is 0 Å². The second kappa shape index (κ2) is 6.92. The van der Waals surface area contributed by atoms with Crippen molar-refractivity contribution in [3.8, 4) is 0 Å². The van der Waals surface area contributed by atoms with Crippen molar-refractivity contribution >= 4 is 11.9 Å². The SMILES string of the molecule is CC(CC1CCCCC1)C(=O)NCC(C)(C)C(=O)O. The summed E-state index contributed by atoms with van der Waals surface area (Å²) in [5, 5.41) is 11.8. The number of carboxylic acid groups (broad SMARTS) is 1. The van der Waals surface area contributed by atoms with E-state index in [1.807, 2.05) is 6.92 Å². The van der Waals surface area contributed by atoms with Crippen molar-refractivity contribution in [2.75, 3.05) is 6.54 Å². The summed E-state index contributed by atoms with van der Waals surface area (Å²) in [7, 11) is 0. The predicted octanol–water partition coefficient (Wildman–Crippen LogP) is 2.82.